The van der Waals surface area contributed by atoms with Gasteiger partial charge < -0.3 is 24.6 Å². The highest BCUT2D eigenvalue weighted by atomic mass is 16.5. The van der Waals surface area contributed by atoms with Crippen LogP contribution in [0.2, 0.25) is 0 Å². The van der Waals surface area contributed by atoms with E-state index < -0.39 is 11.9 Å². The molecule has 35 heavy (non-hydrogen) atoms. The number of rotatable bonds is 5. The largest absolute Gasteiger partial charge is 0.465 e. The Balaban J connectivity index is 1.61. The molecule has 1 unspecified atom stereocenters. The monoisotopic (exact) mass is 487 g/mol. The lowest BCUT2D eigenvalue weighted by atomic mass is 9.94. The molecule has 10 nitrogen and oxygen atoms in total. The van der Waals surface area contributed by atoms with E-state index in [0.29, 0.717) is 32.5 Å². The van der Waals surface area contributed by atoms with Gasteiger partial charge >= 0.3 is 11.9 Å². The van der Waals surface area contributed by atoms with Crippen LogP contribution in [-0.4, -0.2) is 78.9 Å². The van der Waals surface area contributed by atoms with E-state index >= 15 is 0 Å². The van der Waals surface area contributed by atoms with Crippen molar-refractivity contribution in [1.29, 1.82) is 0 Å². The summed E-state index contributed by atoms with van der Waals surface area (Å²) in [5.74, 6) is -2.29. The zero-order valence-corrected chi connectivity index (χ0v) is 20.9. The van der Waals surface area contributed by atoms with E-state index in [-0.39, 0.29) is 58.3 Å². The molecular formula is C25H33N3O7. The van der Waals surface area contributed by atoms with Gasteiger partial charge in [-0.3, -0.25) is 14.4 Å². The average Bonchev–Trinajstić information content (AvgIpc) is 3.24. The molecule has 0 spiro atoms. The van der Waals surface area contributed by atoms with Crippen LogP contribution in [0.3, 0.4) is 0 Å². The molecule has 0 aromatic heterocycles. The molecule has 1 aromatic rings. The van der Waals surface area contributed by atoms with Gasteiger partial charge in [-0.15, -0.1) is 0 Å². The SMILES string of the molecule is COC(=O)c1cc(NC(=O)C2CCN(C(=O)C3CC(=O)N(C(C)(C)C)C3)CC2)cc(C(=O)OC)c1. The third-order valence-corrected chi connectivity index (χ3v) is 6.50. The summed E-state index contributed by atoms with van der Waals surface area (Å²) in [5, 5.41) is 2.77. The first kappa shape index (κ1) is 26.2. The highest BCUT2D eigenvalue weighted by Crippen LogP contribution is 2.29. The molecule has 2 aliphatic rings. The summed E-state index contributed by atoms with van der Waals surface area (Å²) < 4.78 is 9.45. The standard InChI is InChI=1S/C25H33N3O7/c1-25(2,3)28-14-18(13-20(28)29)22(31)27-8-6-15(7-9-27)21(30)26-19-11-16(23(32)34-4)10-17(12-19)24(33)35-5/h10-12,15,18H,6-9,13-14H2,1-5H3,(H,26,30). The van der Waals surface area contributed by atoms with Gasteiger partial charge in [0.25, 0.3) is 0 Å². The van der Waals surface area contributed by atoms with Crippen LogP contribution < -0.4 is 5.32 Å². The molecule has 0 radical (unpaired) electrons. The Bertz CT molecular complexity index is 988. The molecular weight excluding hydrogens is 454 g/mol. The van der Waals surface area contributed by atoms with E-state index in [1.54, 1.807) is 9.80 Å². The van der Waals surface area contributed by atoms with Crippen molar-refractivity contribution >= 4 is 35.3 Å². The first-order chi connectivity index (χ1) is 16.4. The Morgan fingerprint density at radius 1 is 0.914 bits per heavy atom. The summed E-state index contributed by atoms with van der Waals surface area (Å²) >= 11 is 0. The minimum atomic E-state index is -0.645. The van der Waals surface area contributed by atoms with Crippen LogP contribution in [0.15, 0.2) is 18.2 Å². The van der Waals surface area contributed by atoms with E-state index in [4.69, 9.17) is 9.47 Å². The van der Waals surface area contributed by atoms with Crippen LogP contribution in [0.5, 0.6) is 0 Å². The zero-order chi connectivity index (χ0) is 25.9. The van der Waals surface area contributed by atoms with Gasteiger partial charge in [-0.25, -0.2) is 9.59 Å². The number of carbonyl (C=O) groups is 5. The smallest absolute Gasteiger partial charge is 0.337 e. The molecule has 0 aliphatic carbocycles. The van der Waals surface area contributed by atoms with Gasteiger partial charge in [-0.05, 0) is 51.8 Å². The number of esters is 2. The quantitative estimate of drug-likeness (QED) is 0.631. The molecule has 190 valence electrons. The van der Waals surface area contributed by atoms with E-state index in [0.717, 1.165) is 0 Å². The molecule has 1 N–H and O–H groups in total. The maximum Gasteiger partial charge on any atom is 0.337 e. The molecule has 2 aliphatic heterocycles. The summed E-state index contributed by atoms with van der Waals surface area (Å²) in [7, 11) is 2.45. The molecule has 0 saturated carbocycles. The van der Waals surface area contributed by atoms with E-state index in [9.17, 15) is 24.0 Å². The Hall–Kier alpha value is -3.43. The zero-order valence-electron chi connectivity index (χ0n) is 20.9. The van der Waals surface area contributed by atoms with Gasteiger partial charge in [-0.2, -0.15) is 0 Å². The molecule has 2 saturated heterocycles. The number of nitrogens with zero attached hydrogens (tertiary/aromatic N) is 2. The van der Waals surface area contributed by atoms with Gasteiger partial charge in [0, 0.05) is 43.2 Å². The van der Waals surface area contributed by atoms with Gasteiger partial charge in [0.1, 0.15) is 0 Å². The van der Waals surface area contributed by atoms with Crippen LogP contribution in [0.4, 0.5) is 5.69 Å². The van der Waals surface area contributed by atoms with Crippen molar-refractivity contribution in [2.45, 2.75) is 45.6 Å². The number of methoxy groups -OCH3 is 2. The number of amides is 3. The van der Waals surface area contributed by atoms with Crippen LogP contribution in [0.25, 0.3) is 0 Å². The van der Waals surface area contributed by atoms with Gasteiger partial charge in [0.2, 0.25) is 17.7 Å². The molecule has 2 fully saturated rings. The second kappa shape index (κ2) is 10.5. The summed E-state index contributed by atoms with van der Waals surface area (Å²) in [4.78, 5) is 65.7. The normalized spacial score (nSPS) is 18.9. The lowest BCUT2D eigenvalue weighted by molar-refractivity contribution is -0.138. The van der Waals surface area contributed by atoms with E-state index in [1.807, 2.05) is 20.8 Å². The molecule has 1 atom stereocenters. The molecule has 1 aromatic carbocycles. The summed E-state index contributed by atoms with van der Waals surface area (Å²) in [6.45, 7) is 7.13. The molecule has 3 rings (SSSR count). The first-order valence-corrected chi connectivity index (χ1v) is 11.7. The minimum absolute atomic E-state index is 0.00868. The number of nitrogens with one attached hydrogen (secondary N) is 1. The van der Waals surface area contributed by atoms with Crippen molar-refractivity contribution in [3.05, 3.63) is 29.3 Å². The third-order valence-electron chi connectivity index (χ3n) is 6.50. The fraction of sp³-hybridized carbons (Fsp3) is 0.560. The van der Waals surface area contributed by atoms with Crippen LogP contribution in [-0.2, 0) is 23.9 Å². The maximum atomic E-state index is 13.0. The van der Waals surface area contributed by atoms with Crippen molar-refractivity contribution < 1.29 is 33.4 Å². The number of piperidine rings is 1. The Morgan fingerprint density at radius 3 is 1.91 bits per heavy atom. The Morgan fingerprint density at radius 2 is 1.46 bits per heavy atom. The van der Waals surface area contributed by atoms with Crippen molar-refractivity contribution in [2.75, 3.05) is 39.2 Å². The number of benzene rings is 1. The van der Waals surface area contributed by atoms with Crippen LogP contribution in [0, 0.1) is 11.8 Å². The van der Waals surface area contributed by atoms with Crippen molar-refractivity contribution in [1.82, 2.24) is 9.80 Å². The second-order valence-electron chi connectivity index (χ2n) is 9.95. The van der Waals surface area contributed by atoms with Crippen LogP contribution >= 0.6 is 0 Å². The van der Waals surface area contributed by atoms with Gasteiger partial charge in [0.05, 0.1) is 31.3 Å². The van der Waals surface area contributed by atoms with E-state index in [2.05, 4.69) is 5.32 Å². The number of carbonyl (C=O) groups excluding carboxylic acids is 5. The number of likely N-dealkylation sites (tertiary alicyclic amines) is 2. The maximum absolute atomic E-state index is 13.0. The molecule has 2 heterocycles. The van der Waals surface area contributed by atoms with E-state index in [1.165, 1.54) is 32.4 Å². The highest BCUT2D eigenvalue weighted by Gasteiger charge is 2.41. The first-order valence-electron chi connectivity index (χ1n) is 11.7. The number of ether oxygens (including phenoxy) is 2. The predicted molar refractivity (Wildman–Crippen MR) is 127 cm³/mol. The average molecular weight is 488 g/mol. The number of hydrogen-bond donors (Lipinski definition) is 1. The Labute approximate surface area is 204 Å². The fourth-order valence-electron chi connectivity index (χ4n) is 4.56. The summed E-state index contributed by atoms with van der Waals surface area (Å²) in [6, 6.07) is 4.21. The van der Waals surface area contributed by atoms with Crippen molar-refractivity contribution in [3.63, 3.8) is 0 Å². The summed E-state index contributed by atoms with van der Waals surface area (Å²) in [5.41, 5.74) is 0.183. The van der Waals surface area contributed by atoms with Gasteiger partial charge in [0.15, 0.2) is 0 Å². The third kappa shape index (κ3) is 5.98. The topological polar surface area (TPSA) is 122 Å². The molecule has 10 heteroatoms. The van der Waals surface area contributed by atoms with Crippen LogP contribution in [0.1, 0.15) is 60.7 Å². The molecule has 3 amide bonds. The lowest BCUT2D eigenvalue weighted by Crippen LogP contribution is -2.46. The minimum Gasteiger partial charge on any atom is -0.465 e. The van der Waals surface area contributed by atoms with Crippen molar-refractivity contribution in [3.8, 4) is 0 Å². The van der Waals surface area contributed by atoms with Gasteiger partial charge in [-0.1, -0.05) is 0 Å². The second-order valence-corrected chi connectivity index (χ2v) is 9.95. The number of anilines is 1. The predicted octanol–water partition coefficient (Wildman–Crippen LogP) is 2.08. The fourth-order valence-corrected chi connectivity index (χ4v) is 4.56. The summed E-state index contributed by atoms with van der Waals surface area (Å²) in [6.07, 6.45) is 1.17. The molecule has 0 bridgehead atoms. The lowest BCUT2D eigenvalue weighted by Gasteiger charge is -2.34. The number of hydrogen-bond acceptors (Lipinski definition) is 7. The van der Waals surface area contributed by atoms with Crippen molar-refractivity contribution in [2.24, 2.45) is 11.8 Å². The highest BCUT2D eigenvalue weighted by molar-refractivity contribution is 6.00. The Kier molecular flexibility index (Phi) is 7.82.